The number of allylic oxidation sites excluding steroid dienone is 1. The lowest BCUT2D eigenvalue weighted by Crippen LogP contribution is -2.02. The van der Waals surface area contributed by atoms with Crippen LogP contribution in [0, 0.1) is 17.1 Å². The minimum Gasteiger partial charge on any atom is -0.488 e. The number of rotatable bonds is 3. The summed E-state index contributed by atoms with van der Waals surface area (Å²) in [6.07, 6.45) is 5.04. The highest BCUT2D eigenvalue weighted by molar-refractivity contribution is 6.30. The van der Waals surface area contributed by atoms with Gasteiger partial charge in [0.2, 0.25) is 0 Å². The van der Waals surface area contributed by atoms with Gasteiger partial charge in [-0.3, -0.25) is 0 Å². The van der Waals surface area contributed by atoms with Crippen LogP contribution in [0.1, 0.15) is 59.3 Å². The van der Waals surface area contributed by atoms with E-state index in [1.54, 1.807) is 13.0 Å². The molecule has 2 aromatic heterocycles. The third kappa shape index (κ3) is 3.55. The fraction of sp³-hybridized carbons (Fsp3) is 0.214. The Morgan fingerprint density at radius 3 is 2.79 bits per heavy atom. The van der Waals surface area contributed by atoms with Gasteiger partial charge in [0.05, 0.1) is 17.5 Å². The number of hydrogen-bond donors (Lipinski definition) is 0. The van der Waals surface area contributed by atoms with E-state index in [4.69, 9.17) is 21.3 Å². The zero-order valence-corrected chi connectivity index (χ0v) is 19.4. The van der Waals surface area contributed by atoms with Crippen molar-refractivity contribution in [1.29, 1.82) is 5.26 Å². The summed E-state index contributed by atoms with van der Waals surface area (Å²) < 4.78 is 22.1. The van der Waals surface area contributed by atoms with Gasteiger partial charge in [0.15, 0.2) is 0 Å². The lowest BCUT2D eigenvalue weighted by atomic mass is 9.89. The van der Waals surface area contributed by atoms with Crippen molar-refractivity contribution in [2.24, 2.45) is 0 Å². The van der Waals surface area contributed by atoms with Gasteiger partial charge in [0, 0.05) is 52.4 Å². The molecular formula is C28H21ClFN3O. The second-order valence-electron chi connectivity index (χ2n) is 9.00. The number of aromatic nitrogens is 2. The number of nitrogens with zero attached hydrogens (tertiary/aromatic N) is 3. The van der Waals surface area contributed by atoms with Crippen LogP contribution in [0.5, 0.6) is 5.75 Å². The molecule has 1 fully saturated rings. The van der Waals surface area contributed by atoms with Gasteiger partial charge in [-0.15, -0.1) is 0 Å². The fourth-order valence-corrected chi connectivity index (χ4v) is 5.00. The zero-order chi connectivity index (χ0) is 23.4. The van der Waals surface area contributed by atoms with Crippen molar-refractivity contribution in [3.63, 3.8) is 0 Å². The molecule has 1 aliphatic carbocycles. The topological polar surface area (TPSA) is 50.3 Å². The van der Waals surface area contributed by atoms with Gasteiger partial charge in [-0.05, 0) is 54.7 Å². The van der Waals surface area contributed by atoms with Crippen LogP contribution in [0.25, 0.3) is 11.2 Å². The average molecular weight is 470 g/mol. The van der Waals surface area contributed by atoms with Crippen LogP contribution < -0.4 is 4.74 Å². The smallest absolute Gasteiger partial charge is 0.138 e. The Morgan fingerprint density at radius 1 is 1.18 bits per heavy atom. The molecule has 0 radical (unpaired) electrons. The first-order valence-electron chi connectivity index (χ1n) is 11.3. The molecule has 168 valence electrons. The van der Waals surface area contributed by atoms with Gasteiger partial charge in [0.25, 0.3) is 0 Å². The number of benzene rings is 2. The first-order chi connectivity index (χ1) is 16.5. The summed E-state index contributed by atoms with van der Waals surface area (Å²) in [5, 5.41) is 10.4. The van der Waals surface area contributed by atoms with E-state index in [9.17, 15) is 9.65 Å². The van der Waals surface area contributed by atoms with E-state index >= 15 is 0 Å². The van der Waals surface area contributed by atoms with Crippen LogP contribution in [0.2, 0.25) is 5.02 Å². The predicted octanol–water partition coefficient (Wildman–Crippen LogP) is 6.83. The summed E-state index contributed by atoms with van der Waals surface area (Å²) in [7, 11) is 0. The summed E-state index contributed by atoms with van der Waals surface area (Å²) in [5.41, 5.74) is 8.35. The first-order valence-corrected chi connectivity index (χ1v) is 11.7. The molecule has 3 heterocycles. The monoisotopic (exact) mass is 469 g/mol. The minimum absolute atomic E-state index is 0.306. The number of nitriles is 1. The molecule has 4 aromatic rings. The van der Waals surface area contributed by atoms with E-state index in [1.165, 1.54) is 30.7 Å². The Kier molecular flexibility index (Phi) is 4.93. The normalized spacial score (nSPS) is 16.3. The first kappa shape index (κ1) is 20.9. The Balaban J connectivity index is 1.45. The van der Waals surface area contributed by atoms with E-state index in [0.717, 1.165) is 45.6 Å². The molecule has 0 atom stereocenters. The molecule has 6 heteroatoms. The molecule has 2 aliphatic rings. The van der Waals surface area contributed by atoms with Crippen molar-refractivity contribution < 1.29 is 9.13 Å². The standard InChI is InChI=1S/C28H21ClFN3O/c1-16(14-31)27-22-6-2-17(10-19(22)15-34-25-13-21(30)5-7-23(25)27)11-24-28(18-3-4-18)32-26-12-20(29)8-9-33(24)26/h2,5-10,12-13,18H,3-4,11,15H2,1H3. The molecule has 4 nitrogen and oxygen atoms in total. The summed E-state index contributed by atoms with van der Waals surface area (Å²) in [6, 6.07) is 16.8. The van der Waals surface area contributed by atoms with Crippen LogP contribution in [0.3, 0.4) is 0 Å². The quantitative estimate of drug-likeness (QED) is 0.309. The van der Waals surface area contributed by atoms with Crippen molar-refractivity contribution in [3.05, 3.63) is 105 Å². The van der Waals surface area contributed by atoms with Crippen molar-refractivity contribution >= 4 is 22.8 Å². The Morgan fingerprint density at radius 2 is 2.00 bits per heavy atom. The van der Waals surface area contributed by atoms with Crippen molar-refractivity contribution in [1.82, 2.24) is 9.38 Å². The molecule has 0 unspecified atom stereocenters. The molecule has 0 saturated heterocycles. The zero-order valence-electron chi connectivity index (χ0n) is 18.6. The SMILES string of the molecule is CC(C#N)=C1c2ccc(Cc3c(C4CC4)nc4cc(Cl)ccn34)cc2COc2cc(F)ccc21. The number of ether oxygens (including phenoxy) is 1. The van der Waals surface area contributed by atoms with Crippen molar-refractivity contribution in [2.75, 3.05) is 0 Å². The second kappa shape index (κ2) is 8.00. The van der Waals surface area contributed by atoms with E-state index in [2.05, 4.69) is 28.7 Å². The van der Waals surface area contributed by atoms with E-state index in [0.29, 0.717) is 28.9 Å². The molecule has 0 bridgehead atoms. The molecule has 34 heavy (non-hydrogen) atoms. The maximum atomic E-state index is 13.9. The van der Waals surface area contributed by atoms with Crippen molar-refractivity contribution in [3.8, 4) is 11.8 Å². The minimum atomic E-state index is -0.361. The highest BCUT2D eigenvalue weighted by Gasteiger charge is 2.30. The van der Waals surface area contributed by atoms with Crippen LogP contribution in [-0.2, 0) is 13.0 Å². The van der Waals surface area contributed by atoms with Crippen molar-refractivity contribution in [2.45, 2.75) is 38.7 Å². The highest BCUT2D eigenvalue weighted by Crippen LogP contribution is 2.43. The summed E-state index contributed by atoms with van der Waals surface area (Å²) in [4.78, 5) is 4.89. The molecule has 2 aromatic carbocycles. The summed E-state index contributed by atoms with van der Waals surface area (Å²) >= 11 is 6.21. The van der Waals surface area contributed by atoms with Gasteiger partial charge in [-0.25, -0.2) is 9.37 Å². The Hall–Kier alpha value is -3.62. The average Bonchev–Trinajstić information content (AvgIpc) is 3.63. The van der Waals surface area contributed by atoms with Crippen LogP contribution >= 0.6 is 11.6 Å². The van der Waals surface area contributed by atoms with Crippen LogP contribution in [0.4, 0.5) is 4.39 Å². The van der Waals surface area contributed by atoms with Gasteiger partial charge in [-0.1, -0.05) is 29.8 Å². The Bertz CT molecular complexity index is 1540. The van der Waals surface area contributed by atoms with Gasteiger partial charge >= 0.3 is 0 Å². The third-order valence-electron chi connectivity index (χ3n) is 6.63. The maximum Gasteiger partial charge on any atom is 0.138 e. The maximum absolute atomic E-state index is 13.9. The Labute approximate surface area is 201 Å². The molecule has 0 spiro atoms. The van der Waals surface area contributed by atoms with E-state index < -0.39 is 0 Å². The molecular weight excluding hydrogens is 449 g/mol. The number of pyridine rings is 1. The lowest BCUT2D eigenvalue weighted by molar-refractivity contribution is 0.305. The van der Waals surface area contributed by atoms with Gasteiger partial charge < -0.3 is 9.14 Å². The van der Waals surface area contributed by atoms with Gasteiger partial charge in [-0.2, -0.15) is 5.26 Å². The number of hydrogen-bond acceptors (Lipinski definition) is 3. The summed E-state index contributed by atoms with van der Waals surface area (Å²) in [5.74, 6) is 0.603. The molecule has 0 amide bonds. The molecule has 6 rings (SSSR count). The second-order valence-corrected chi connectivity index (χ2v) is 9.44. The van der Waals surface area contributed by atoms with E-state index in [-0.39, 0.29) is 5.82 Å². The molecule has 0 N–H and O–H groups in total. The van der Waals surface area contributed by atoms with Gasteiger partial charge in [0.1, 0.15) is 23.8 Å². The van der Waals surface area contributed by atoms with Crippen LogP contribution in [0.15, 0.2) is 60.3 Å². The lowest BCUT2D eigenvalue weighted by Gasteiger charge is -2.13. The predicted molar refractivity (Wildman–Crippen MR) is 129 cm³/mol. The third-order valence-corrected chi connectivity index (χ3v) is 6.87. The molecule has 1 saturated carbocycles. The molecule has 1 aliphatic heterocycles. The number of halogens is 2. The van der Waals surface area contributed by atoms with Crippen LogP contribution in [-0.4, -0.2) is 9.38 Å². The number of fused-ring (bicyclic) bond motifs is 3. The highest BCUT2D eigenvalue weighted by atomic mass is 35.5. The number of imidazole rings is 1. The fourth-order valence-electron chi connectivity index (χ4n) is 4.84. The largest absolute Gasteiger partial charge is 0.488 e. The van der Waals surface area contributed by atoms with E-state index in [1.807, 2.05) is 18.3 Å². The summed E-state index contributed by atoms with van der Waals surface area (Å²) in [6.45, 7) is 2.09.